The van der Waals surface area contributed by atoms with Gasteiger partial charge in [-0.2, -0.15) is 0 Å². The zero-order chi connectivity index (χ0) is 14.1. The molecule has 2 heterocycles. The highest BCUT2D eigenvalue weighted by Crippen LogP contribution is 2.26. The van der Waals surface area contributed by atoms with Crippen LogP contribution in [0.4, 0.5) is 11.6 Å². The Morgan fingerprint density at radius 3 is 2.74 bits per heavy atom. The molecule has 0 amide bonds. The van der Waals surface area contributed by atoms with Crippen LogP contribution in [0.25, 0.3) is 0 Å². The maximum atomic E-state index is 5.85. The zero-order valence-electron chi connectivity index (χ0n) is 12.3. The van der Waals surface area contributed by atoms with Crippen LogP contribution in [0.1, 0.15) is 46.4 Å². The van der Waals surface area contributed by atoms with E-state index in [9.17, 15) is 0 Å². The van der Waals surface area contributed by atoms with E-state index in [0.717, 1.165) is 37.6 Å². The molecule has 1 aromatic heterocycles. The predicted molar refractivity (Wildman–Crippen MR) is 77.2 cm³/mol. The van der Waals surface area contributed by atoms with Gasteiger partial charge in [-0.15, -0.1) is 0 Å². The normalized spacial score (nSPS) is 23.6. The maximum absolute atomic E-state index is 5.85. The van der Waals surface area contributed by atoms with E-state index in [1.54, 1.807) is 6.07 Å². The second-order valence-electron chi connectivity index (χ2n) is 6.51. The molecule has 19 heavy (non-hydrogen) atoms. The summed E-state index contributed by atoms with van der Waals surface area (Å²) in [5.41, 5.74) is 5.64. The molecule has 0 radical (unpaired) electrons. The lowest BCUT2D eigenvalue weighted by molar-refractivity contribution is 0.0314. The van der Waals surface area contributed by atoms with Crippen molar-refractivity contribution < 1.29 is 4.74 Å². The number of aromatic nitrogens is 2. The molecule has 1 fully saturated rings. The molecule has 1 atom stereocenters. The van der Waals surface area contributed by atoms with Gasteiger partial charge in [-0.05, 0) is 19.8 Å². The Hall–Kier alpha value is -1.36. The minimum Gasteiger partial charge on any atom is -0.384 e. The number of hydrogen-bond donors (Lipinski definition) is 2. The molecule has 0 aliphatic carbocycles. The summed E-state index contributed by atoms with van der Waals surface area (Å²) in [6, 6.07) is 1.77. The van der Waals surface area contributed by atoms with Crippen LogP contribution in [0.5, 0.6) is 0 Å². The van der Waals surface area contributed by atoms with Gasteiger partial charge < -0.3 is 15.8 Å². The van der Waals surface area contributed by atoms with Crippen LogP contribution in [0, 0.1) is 0 Å². The molecule has 2 rings (SSSR count). The number of nitrogens with zero attached hydrogens (tertiary/aromatic N) is 2. The summed E-state index contributed by atoms with van der Waals surface area (Å²) in [4.78, 5) is 8.84. The summed E-state index contributed by atoms with van der Waals surface area (Å²) >= 11 is 0. The van der Waals surface area contributed by atoms with Crippen molar-refractivity contribution in [1.82, 2.24) is 9.97 Å². The monoisotopic (exact) mass is 264 g/mol. The van der Waals surface area contributed by atoms with E-state index in [1.807, 2.05) is 0 Å². The van der Waals surface area contributed by atoms with Crippen molar-refractivity contribution in [2.45, 2.75) is 51.6 Å². The minimum atomic E-state index is -0.112. The summed E-state index contributed by atoms with van der Waals surface area (Å²) in [7, 11) is 0. The number of rotatable bonds is 3. The van der Waals surface area contributed by atoms with Crippen LogP contribution in [0.15, 0.2) is 6.07 Å². The summed E-state index contributed by atoms with van der Waals surface area (Å²) in [5.74, 6) is 2.03. The molecular formula is C14H24N4O. The average Bonchev–Trinajstić information content (AvgIpc) is 2.72. The Kier molecular flexibility index (Phi) is 3.67. The van der Waals surface area contributed by atoms with Gasteiger partial charge in [-0.3, -0.25) is 0 Å². The summed E-state index contributed by atoms with van der Waals surface area (Å²) < 4.78 is 5.75. The minimum absolute atomic E-state index is 0.0956. The van der Waals surface area contributed by atoms with E-state index < -0.39 is 0 Å². The lowest BCUT2D eigenvalue weighted by atomic mass is 9.96. The lowest BCUT2D eigenvalue weighted by Crippen LogP contribution is -2.33. The highest BCUT2D eigenvalue weighted by Gasteiger charge is 2.29. The number of anilines is 2. The SMILES string of the molecule is CC1(CNc2cc(N)nc(C(C)(C)C)n2)CCCO1. The zero-order valence-corrected chi connectivity index (χ0v) is 12.3. The molecule has 0 aromatic carbocycles. The number of nitrogen functional groups attached to an aromatic ring is 1. The van der Waals surface area contributed by atoms with Crippen molar-refractivity contribution in [3.8, 4) is 0 Å². The standard InChI is InChI=1S/C14H24N4O/c1-13(2,3)12-17-10(15)8-11(18-12)16-9-14(4)6-5-7-19-14/h8H,5-7,9H2,1-4H3,(H3,15,16,17,18). The van der Waals surface area contributed by atoms with Crippen LogP contribution in [-0.4, -0.2) is 28.7 Å². The average molecular weight is 264 g/mol. The predicted octanol–water partition coefficient (Wildman–Crippen LogP) is 2.34. The third-order valence-electron chi connectivity index (χ3n) is 3.36. The van der Waals surface area contributed by atoms with Crippen molar-refractivity contribution in [2.24, 2.45) is 0 Å². The third-order valence-corrected chi connectivity index (χ3v) is 3.36. The van der Waals surface area contributed by atoms with Crippen LogP contribution in [0.2, 0.25) is 0 Å². The van der Waals surface area contributed by atoms with E-state index in [0.29, 0.717) is 5.82 Å². The molecule has 1 aliphatic heterocycles. The molecule has 1 aliphatic rings. The number of ether oxygens (including phenoxy) is 1. The molecule has 3 N–H and O–H groups in total. The third kappa shape index (κ3) is 3.56. The summed E-state index contributed by atoms with van der Waals surface area (Å²) in [5, 5.41) is 3.32. The van der Waals surface area contributed by atoms with Crippen molar-refractivity contribution in [1.29, 1.82) is 0 Å². The second-order valence-corrected chi connectivity index (χ2v) is 6.51. The van der Waals surface area contributed by atoms with Gasteiger partial charge in [-0.1, -0.05) is 20.8 Å². The van der Waals surface area contributed by atoms with Crippen molar-refractivity contribution in [3.05, 3.63) is 11.9 Å². The molecule has 106 valence electrons. The highest BCUT2D eigenvalue weighted by molar-refractivity contribution is 5.45. The Morgan fingerprint density at radius 1 is 1.42 bits per heavy atom. The van der Waals surface area contributed by atoms with Gasteiger partial charge in [0.15, 0.2) is 0 Å². The van der Waals surface area contributed by atoms with Crippen LogP contribution >= 0.6 is 0 Å². The molecule has 0 bridgehead atoms. The fraction of sp³-hybridized carbons (Fsp3) is 0.714. The van der Waals surface area contributed by atoms with Gasteiger partial charge in [0.25, 0.3) is 0 Å². The van der Waals surface area contributed by atoms with E-state index in [2.05, 4.69) is 43.0 Å². The van der Waals surface area contributed by atoms with Crippen molar-refractivity contribution in [3.63, 3.8) is 0 Å². The molecule has 0 spiro atoms. The second kappa shape index (κ2) is 4.96. The van der Waals surface area contributed by atoms with Gasteiger partial charge in [-0.25, -0.2) is 9.97 Å². The van der Waals surface area contributed by atoms with Gasteiger partial charge in [0.2, 0.25) is 0 Å². The van der Waals surface area contributed by atoms with E-state index >= 15 is 0 Å². The van der Waals surface area contributed by atoms with Crippen molar-refractivity contribution in [2.75, 3.05) is 24.2 Å². The first kappa shape index (κ1) is 14.1. The first-order valence-corrected chi connectivity index (χ1v) is 6.81. The van der Waals surface area contributed by atoms with Crippen molar-refractivity contribution >= 4 is 11.6 Å². The first-order chi connectivity index (χ1) is 8.78. The number of nitrogens with two attached hydrogens (primary N) is 1. The van der Waals surface area contributed by atoms with Gasteiger partial charge in [0, 0.05) is 24.6 Å². The van der Waals surface area contributed by atoms with Gasteiger partial charge in [0.05, 0.1) is 5.60 Å². The van der Waals surface area contributed by atoms with E-state index in [1.165, 1.54) is 0 Å². The Labute approximate surface area is 115 Å². The van der Waals surface area contributed by atoms with E-state index in [4.69, 9.17) is 10.5 Å². The lowest BCUT2D eigenvalue weighted by Gasteiger charge is -2.24. The Balaban J connectivity index is 2.10. The molecule has 1 aromatic rings. The topological polar surface area (TPSA) is 73.1 Å². The Bertz CT molecular complexity index is 447. The Morgan fingerprint density at radius 2 is 2.16 bits per heavy atom. The van der Waals surface area contributed by atoms with Crippen LogP contribution in [-0.2, 0) is 10.2 Å². The highest BCUT2D eigenvalue weighted by atomic mass is 16.5. The van der Waals surface area contributed by atoms with E-state index in [-0.39, 0.29) is 11.0 Å². The summed E-state index contributed by atoms with van der Waals surface area (Å²) in [6.07, 6.45) is 2.20. The molecule has 5 nitrogen and oxygen atoms in total. The fourth-order valence-electron chi connectivity index (χ4n) is 2.15. The van der Waals surface area contributed by atoms with Crippen LogP contribution in [0.3, 0.4) is 0 Å². The quantitative estimate of drug-likeness (QED) is 0.876. The van der Waals surface area contributed by atoms with Gasteiger partial charge >= 0.3 is 0 Å². The first-order valence-electron chi connectivity index (χ1n) is 6.81. The molecule has 1 unspecified atom stereocenters. The molecule has 1 saturated heterocycles. The van der Waals surface area contributed by atoms with Crippen LogP contribution < -0.4 is 11.1 Å². The summed E-state index contributed by atoms with van der Waals surface area (Å²) in [6.45, 7) is 9.94. The molecule has 5 heteroatoms. The largest absolute Gasteiger partial charge is 0.384 e. The number of hydrogen-bond acceptors (Lipinski definition) is 5. The van der Waals surface area contributed by atoms with Gasteiger partial charge in [0.1, 0.15) is 17.5 Å². The number of nitrogens with one attached hydrogen (secondary N) is 1. The fourth-order valence-corrected chi connectivity index (χ4v) is 2.15. The molecule has 0 saturated carbocycles. The smallest absolute Gasteiger partial charge is 0.138 e. The maximum Gasteiger partial charge on any atom is 0.138 e. The molecular weight excluding hydrogens is 240 g/mol.